The molecule has 5 nitrogen and oxygen atoms in total. The third-order valence-electron chi connectivity index (χ3n) is 2.65. The molecule has 2 N–H and O–H groups in total. The van der Waals surface area contributed by atoms with Gasteiger partial charge < -0.3 is 15.0 Å². The van der Waals surface area contributed by atoms with Gasteiger partial charge in [-0.25, -0.2) is 13.2 Å². The molecule has 0 bridgehead atoms. The van der Waals surface area contributed by atoms with Crippen molar-refractivity contribution in [2.75, 3.05) is 13.7 Å². The lowest BCUT2D eigenvalue weighted by molar-refractivity contribution is 0.135. The number of nitrogens with zero attached hydrogens (tertiary/aromatic N) is 2. The highest BCUT2D eigenvalue weighted by atomic mass is 19.2. The molecule has 0 aliphatic carbocycles. The van der Waals surface area contributed by atoms with Crippen molar-refractivity contribution >= 4 is 0 Å². The van der Waals surface area contributed by atoms with Gasteiger partial charge in [0.25, 0.3) is 5.89 Å². The Morgan fingerprint density at radius 2 is 2.00 bits per heavy atom. The van der Waals surface area contributed by atoms with Crippen molar-refractivity contribution in [3.8, 4) is 11.5 Å². The molecule has 0 spiro atoms. The Balaban J connectivity index is 2.42. The smallest absolute Gasteiger partial charge is 0.261 e. The Morgan fingerprint density at radius 1 is 1.30 bits per heavy atom. The summed E-state index contributed by atoms with van der Waals surface area (Å²) >= 11 is 0. The largest absolute Gasteiger partial charge is 0.382 e. The van der Waals surface area contributed by atoms with Crippen molar-refractivity contribution in [2.45, 2.75) is 12.5 Å². The Labute approximate surface area is 112 Å². The molecule has 108 valence electrons. The summed E-state index contributed by atoms with van der Waals surface area (Å²) in [6.07, 6.45) is 0. The Morgan fingerprint density at radius 3 is 2.65 bits per heavy atom. The van der Waals surface area contributed by atoms with E-state index in [9.17, 15) is 13.2 Å². The monoisotopic (exact) mass is 287 g/mol. The highest BCUT2D eigenvalue weighted by Crippen LogP contribution is 2.26. The van der Waals surface area contributed by atoms with E-state index in [-0.39, 0.29) is 23.9 Å². The first kappa shape index (κ1) is 14.5. The van der Waals surface area contributed by atoms with E-state index in [1.807, 2.05) is 0 Å². The van der Waals surface area contributed by atoms with Gasteiger partial charge in [0.05, 0.1) is 12.2 Å². The molecule has 0 aliphatic rings. The molecule has 1 atom stereocenters. The number of aromatic nitrogens is 2. The van der Waals surface area contributed by atoms with Gasteiger partial charge in [0.2, 0.25) is 0 Å². The molecule has 1 aromatic heterocycles. The van der Waals surface area contributed by atoms with Gasteiger partial charge in [0, 0.05) is 7.11 Å². The summed E-state index contributed by atoms with van der Waals surface area (Å²) in [4.78, 5) is 3.89. The van der Waals surface area contributed by atoms with Crippen molar-refractivity contribution < 1.29 is 22.4 Å². The first-order valence-corrected chi connectivity index (χ1v) is 5.62. The van der Waals surface area contributed by atoms with Crippen LogP contribution < -0.4 is 5.73 Å². The molecule has 20 heavy (non-hydrogen) atoms. The number of hydrogen-bond donors (Lipinski definition) is 1. The predicted molar refractivity (Wildman–Crippen MR) is 63.0 cm³/mol. The summed E-state index contributed by atoms with van der Waals surface area (Å²) in [5.41, 5.74) is 4.51. The second kappa shape index (κ2) is 5.22. The van der Waals surface area contributed by atoms with Crippen LogP contribution in [0, 0.1) is 17.5 Å². The molecule has 2 aromatic rings. The highest BCUT2D eigenvalue weighted by Gasteiger charge is 2.29. The van der Waals surface area contributed by atoms with Crippen molar-refractivity contribution in [3.05, 3.63) is 35.4 Å². The number of hydrogen-bond acceptors (Lipinski definition) is 5. The number of nitrogens with two attached hydrogens (primary N) is 1. The molecule has 0 amide bonds. The van der Waals surface area contributed by atoms with E-state index in [0.29, 0.717) is 0 Å². The van der Waals surface area contributed by atoms with Crippen LogP contribution in [0.3, 0.4) is 0 Å². The fourth-order valence-electron chi connectivity index (χ4n) is 1.62. The second-order valence-corrected chi connectivity index (χ2v) is 4.50. The zero-order chi connectivity index (χ0) is 14.9. The lowest BCUT2D eigenvalue weighted by Gasteiger charge is -2.18. The van der Waals surface area contributed by atoms with Crippen LogP contribution in [0.4, 0.5) is 13.2 Å². The van der Waals surface area contributed by atoms with Crippen LogP contribution in [-0.2, 0) is 10.3 Å². The van der Waals surface area contributed by atoms with Gasteiger partial charge in [-0.3, -0.25) is 0 Å². The summed E-state index contributed by atoms with van der Waals surface area (Å²) in [6.45, 7) is 1.69. The van der Waals surface area contributed by atoms with Crippen molar-refractivity contribution in [1.82, 2.24) is 10.1 Å². The van der Waals surface area contributed by atoms with Gasteiger partial charge in [-0.2, -0.15) is 4.98 Å². The molecule has 0 saturated carbocycles. The maximum Gasteiger partial charge on any atom is 0.261 e. The van der Waals surface area contributed by atoms with Crippen LogP contribution in [0.15, 0.2) is 16.7 Å². The lowest BCUT2D eigenvalue weighted by atomic mass is 10.1. The fourth-order valence-corrected chi connectivity index (χ4v) is 1.62. The number of methoxy groups -OCH3 is 1. The normalized spacial score (nSPS) is 14.3. The summed E-state index contributed by atoms with van der Waals surface area (Å²) in [5.74, 6) is -4.52. The first-order chi connectivity index (χ1) is 9.36. The maximum absolute atomic E-state index is 13.6. The number of halogens is 3. The van der Waals surface area contributed by atoms with E-state index in [4.69, 9.17) is 15.0 Å². The second-order valence-electron chi connectivity index (χ2n) is 4.50. The van der Waals surface area contributed by atoms with Crippen LogP contribution in [0.1, 0.15) is 12.7 Å². The van der Waals surface area contributed by atoms with E-state index >= 15 is 0 Å². The molecule has 1 unspecified atom stereocenters. The van der Waals surface area contributed by atoms with E-state index in [0.717, 1.165) is 12.1 Å². The third-order valence-corrected chi connectivity index (χ3v) is 2.65. The molecular formula is C12H12F3N3O2. The molecule has 0 radical (unpaired) electrons. The Kier molecular flexibility index (Phi) is 3.78. The molecule has 0 saturated heterocycles. The maximum atomic E-state index is 13.6. The van der Waals surface area contributed by atoms with Crippen molar-refractivity contribution in [3.63, 3.8) is 0 Å². The van der Waals surface area contributed by atoms with Gasteiger partial charge in [-0.15, -0.1) is 0 Å². The molecule has 0 fully saturated rings. The topological polar surface area (TPSA) is 74.2 Å². The van der Waals surface area contributed by atoms with E-state index in [1.54, 1.807) is 6.92 Å². The quantitative estimate of drug-likeness (QED) is 0.870. The molecular weight excluding hydrogens is 275 g/mol. The van der Waals surface area contributed by atoms with Gasteiger partial charge in [0.1, 0.15) is 5.54 Å². The molecule has 1 aromatic carbocycles. The van der Waals surface area contributed by atoms with Crippen LogP contribution in [-0.4, -0.2) is 23.9 Å². The van der Waals surface area contributed by atoms with Crippen molar-refractivity contribution in [2.24, 2.45) is 5.73 Å². The van der Waals surface area contributed by atoms with Gasteiger partial charge >= 0.3 is 0 Å². The first-order valence-electron chi connectivity index (χ1n) is 5.62. The average Bonchev–Trinajstić information content (AvgIpc) is 2.86. The number of ether oxygens (including phenoxy) is 1. The average molecular weight is 287 g/mol. The molecule has 1 heterocycles. The SMILES string of the molecule is COCC(C)(N)c1noc(-c2ccc(F)c(F)c2F)n1. The number of benzene rings is 1. The predicted octanol–water partition coefficient (Wildman–Crippen LogP) is 1.97. The summed E-state index contributed by atoms with van der Waals surface area (Å²) in [7, 11) is 1.45. The van der Waals surface area contributed by atoms with Gasteiger partial charge in [-0.1, -0.05) is 5.16 Å². The summed E-state index contributed by atoms with van der Waals surface area (Å²) < 4.78 is 49.3. The minimum Gasteiger partial charge on any atom is -0.382 e. The third kappa shape index (κ3) is 2.52. The fraction of sp³-hybridized carbons (Fsp3) is 0.333. The highest BCUT2D eigenvalue weighted by molar-refractivity contribution is 5.54. The summed E-state index contributed by atoms with van der Waals surface area (Å²) in [6, 6.07) is 1.78. The van der Waals surface area contributed by atoms with Crippen molar-refractivity contribution in [1.29, 1.82) is 0 Å². The molecule has 0 aliphatic heterocycles. The van der Waals surface area contributed by atoms with E-state index in [1.165, 1.54) is 7.11 Å². The van der Waals surface area contributed by atoms with Crippen LogP contribution in [0.25, 0.3) is 11.5 Å². The van der Waals surface area contributed by atoms with Crippen LogP contribution >= 0.6 is 0 Å². The minimum atomic E-state index is -1.60. The lowest BCUT2D eigenvalue weighted by Crippen LogP contribution is -2.38. The zero-order valence-corrected chi connectivity index (χ0v) is 10.8. The Hall–Kier alpha value is -1.93. The van der Waals surface area contributed by atoms with E-state index in [2.05, 4.69) is 10.1 Å². The van der Waals surface area contributed by atoms with E-state index < -0.39 is 23.0 Å². The summed E-state index contributed by atoms with van der Waals surface area (Å²) in [5, 5.41) is 3.60. The Bertz CT molecular complexity index is 628. The van der Waals surface area contributed by atoms with Crippen LogP contribution in [0.5, 0.6) is 0 Å². The molecule has 2 rings (SSSR count). The number of rotatable bonds is 4. The zero-order valence-electron chi connectivity index (χ0n) is 10.8. The minimum absolute atomic E-state index is 0.0680. The van der Waals surface area contributed by atoms with Gasteiger partial charge in [0.15, 0.2) is 23.3 Å². The van der Waals surface area contributed by atoms with Gasteiger partial charge in [-0.05, 0) is 19.1 Å². The standard InChI is InChI=1S/C12H12F3N3O2/c1-12(16,5-19-2)11-17-10(20-18-11)6-3-4-7(13)9(15)8(6)14/h3-4H,5,16H2,1-2H3. The molecule has 8 heteroatoms. The van der Waals surface area contributed by atoms with Crippen LogP contribution in [0.2, 0.25) is 0 Å².